The highest BCUT2D eigenvalue weighted by Crippen LogP contribution is 2.42. The van der Waals surface area contributed by atoms with Gasteiger partial charge in [0.15, 0.2) is 0 Å². The number of rotatable bonds is 11. The molecule has 5 rings (SSSR count). The summed E-state index contributed by atoms with van der Waals surface area (Å²) in [5.41, 5.74) is 4.73. The number of nitrogens with one attached hydrogen (secondary N) is 1. The fraction of sp³-hybridized carbons (Fsp3) is 0.438. The van der Waals surface area contributed by atoms with E-state index in [0.717, 1.165) is 17.4 Å². The van der Waals surface area contributed by atoms with E-state index < -0.39 is 0 Å². The van der Waals surface area contributed by atoms with Gasteiger partial charge in [0.05, 0.1) is 0 Å². The lowest BCUT2D eigenvalue weighted by Crippen LogP contribution is -2.40. The zero-order valence-electron chi connectivity index (χ0n) is 21.6. The van der Waals surface area contributed by atoms with Gasteiger partial charge in [-0.1, -0.05) is 84.2 Å². The number of halogens is 2. The minimum absolute atomic E-state index is 0.179. The Morgan fingerprint density at radius 3 is 2.43 bits per heavy atom. The number of likely N-dealkylation sites (tertiary alicyclic amines) is 1. The molecule has 37 heavy (non-hydrogen) atoms. The highest BCUT2D eigenvalue weighted by Gasteiger charge is 2.38. The summed E-state index contributed by atoms with van der Waals surface area (Å²) in [6.07, 6.45) is 10.2. The van der Waals surface area contributed by atoms with Crippen molar-refractivity contribution in [3.8, 4) is 0 Å². The van der Waals surface area contributed by atoms with Gasteiger partial charge in [-0.15, -0.1) is 0 Å². The average Bonchev–Trinajstić information content (AvgIpc) is 3.27. The molecular weight excluding hydrogens is 515 g/mol. The van der Waals surface area contributed by atoms with Crippen LogP contribution in [0.15, 0.2) is 77.7 Å². The van der Waals surface area contributed by atoms with E-state index >= 15 is 0 Å². The Hall–Kier alpha value is -1.49. The van der Waals surface area contributed by atoms with Crippen LogP contribution in [0.25, 0.3) is 0 Å². The van der Waals surface area contributed by atoms with Crippen molar-refractivity contribution in [1.82, 2.24) is 9.62 Å². The number of aryl methyl sites for hydroxylation is 2. The Kier molecular flexibility index (Phi) is 9.55. The third kappa shape index (κ3) is 7.34. The Balaban J connectivity index is 1.13. The van der Waals surface area contributed by atoms with Gasteiger partial charge in [0.25, 0.3) is 0 Å². The van der Waals surface area contributed by atoms with Crippen molar-refractivity contribution in [3.05, 3.63) is 99.5 Å². The van der Waals surface area contributed by atoms with Gasteiger partial charge >= 0.3 is 0 Å². The van der Waals surface area contributed by atoms with Crippen molar-refractivity contribution < 1.29 is 0 Å². The summed E-state index contributed by atoms with van der Waals surface area (Å²) >= 11 is 14.1. The maximum Gasteiger partial charge on any atom is 0.0432 e. The summed E-state index contributed by atoms with van der Waals surface area (Å²) in [5, 5.41) is 1.36. The van der Waals surface area contributed by atoms with Crippen molar-refractivity contribution in [3.63, 3.8) is 0 Å². The van der Waals surface area contributed by atoms with Crippen LogP contribution in [0.4, 0.5) is 0 Å². The SMILES string of the molecule is Clc1cc(Cl)cc(SNCC2(CCN3CCC(CCCc4ccccc4)CC3)CCc3ccccc32)c1. The van der Waals surface area contributed by atoms with Crippen LogP contribution in [0.3, 0.4) is 0 Å². The number of hydrogen-bond donors (Lipinski definition) is 1. The van der Waals surface area contributed by atoms with Crippen LogP contribution in [0, 0.1) is 5.92 Å². The molecule has 3 aromatic rings. The summed E-state index contributed by atoms with van der Waals surface area (Å²) in [7, 11) is 0. The lowest BCUT2D eigenvalue weighted by atomic mass is 9.78. The quantitative estimate of drug-likeness (QED) is 0.239. The minimum atomic E-state index is 0.179. The largest absolute Gasteiger partial charge is 0.303 e. The lowest BCUT2D eigenvalue weighted by Gasteiger charge is -2.36. The number of hydrogen-bond acceptors (Lipinski definition) is 3. The molecule has 0 aromatic heterocycles. The van der Waals surface area contributed by atoms with E-state index in [4.69, 9.17) is 23.2 Å². The molecule has 5 heteroatoms. The average molecular weight is 554 g/mol. The first-order valence-corrected chi connectivity index (χ1v) is 15.4. The first-order chi connectivity index (χ1) is 18.1. The van der Waals surface area contributed by atoms with Gasteiger partial charge in [0.1, 0.15) is 0 Å². The Labute approximate surface area is 237 Å². The summed E-state index contributed by atoms with van der Waals surface area (Å²) < 4.78 is 3.69. The minimum Gasteiger partial charge on any atom is -0.303 e. The van der Waals surface area contributed by atoms with Gasteiger partial charge in [0.2, 0.25) is 0 Å². The molecule has 196 valence electrons. The molecule has 1 saturated heterocycles. The zero-order valence-corrected chi connectivity index (χ0v) is 23.9. The van der Waals surface area contributed by atoms with E-state index in [-0.39, 0.29) is 5.41 Å². The van der Waals surface area contributed by atoms with Crippen LogP contribution < -0.4 is 4.72 Å². The van der Waals surface area contributed by atoms with Gasteiger partial charge in [0, 0.05) is 26.9 Å². The predicted molar refractivity (Wildman–Crippen MR) is 160 cm³/mol. The van der Waals surface area contributed by atoms with Crippen LogP contribution in [0.2, 0.25) is 10.0 Å². The molecule has 0 saturated carbocycles. The molecule has 1 heterocycles. The van der Waals surface area contributed by atoms with Crippen LogP contribution in [-0.2, 0) is 18.3 Å². The lowest BCUT2D eigenvalue weighted by molar-refractivity contribution is 0.162. The van der Waals surface area contributed by atoms with Gasteiger partial charge in [-0.25, -0.2) is 0 Å². The fourth-order valence-corrected chi connectivity index (χ4v) is 7.79. The summed E-state index contributed by atoms with van der Waals surface area (Å²) in [5.74, 6) is 0.892. The number of fused-ring (bicyclic) bond motifs is 1. The van der Waals surface area contributed by atoms with Crippen LogP contribution >= 0.6 is 35.1 Å². The first kappa shape index (κ1) is 27.1. The van der Waals surface area contributed by atoms with Crippen LogP contribution in [0.5, 0.6) is 0 Å². The third-order valence-corrected chi connectivity index (χ3v) is 9.63. The monoisotopic (exact) mass is 552 g/mol. The third-order valence-electron chi connectivity index (χ3n) is 8.43. The van der Waals surface area contributed by atoms with E-state index in [1.165, 1.54) is 82.1 Å². The molecule has 1 N–H and O–H groups in total. The van der Waals surface area contributed by atoms with Crippen LogP contribution in [0.1, 0.15) is 55.2 Å². The molecule has 2 aliphatic rings. The van der Waals surface area contributed by atoms with E-state index in [1.807, 2.05) is 12.1 Å². The number of piperidine rings is 1. The van der Waals surface area contributed by atoms with Crippen molar-refractivity contribution in [1.29, 1.82) is 0 Å². The molecule has 1 aliphatic heterocycles. The molecule has 3 aromatic carbocycles. The molecule has 1 aliphatic carbocycles. The Morgan fingerprint density at radius 1 is 0.919 bits per heavy atom. The molecule has 1 atom stereocenters. The van der Waals surface area contributed by atoms with Crippen molar-refractivity contribution >= 4 is 35.1 Å². The molecule has 1 unspecified atom stereocenters. The zero-order chi connectivity index (χ0) is 25.5. The van der Waals surface area contributed by atoms with Crippen molar-refractivity contribution in [2.75, 3.05) is 26.2 Å². The molecular formula is C32H38Cl2N2S. The normalized spacial score (nSPS) is 20.3. The Morgan fingerprint density at radius 2 is 1.65 bits per heavy atom. The van der Waals surface area contributed by atoms with Gasteiger partial charge in [-0.3, -0.25) is 4.72 Å². The van der Waals surface area contributed by atoms with E-state index in [1.54, 1.807) is 23.6 Å². The Bertz CT molecular complexity index is 1130. The van der Waals surface area contributed by atoms with Crippen molar-refractivity contribution in [2.45, 2.75) is 61.7 Å². The summed E-state index contributed by atoms with van der Waals surface area (Å²) in [4.78, 5) is 3.79. The molecule has 2 nitrogen and oxygen atoms in total. The second-order valence-electron chi connectivity index (χ2n) is 10.9. The van der Waals surface area contributed by atoms with Crippen molar-refractivity contribution in [2.24, 2.45) is 5.92 Å². The molecule has 0 radical (unpaired) electrons. The van der Waals surface area contributed by atoms with E-state index in [2.05, 4.69) is 64.2 Å². The first-order valence-electron chi connectivity index (χ1n) is 13.8. The fourth-order valence-electron chi connectivity index (χ4n) is 6.25. The smallest absolute Gasteiger partial charge is 0.0432 e. The molecule has 0 bridgehead atoms. The highest BCUT2D eigenvalue weighted by atomic mass is 35.5. The second-order valence-corrected chi connectivity index (χ2v) is 12.7. The van der Waals surface area contributed by atoms with Gasteiger partial charge < -0.3 is 4.90 Å². The van der Waals surface area contributed by atoms with Gasteiger partial charge in [-0.05, 0) is 117 Å². The molecule has 0 amide bonds. The van der Waals surface area contributed by atoms with Crippen LogP contribution in [-0.4, -0.2) is 31.1 Å². The molecule has 1 fully saturated rings. The highest BCUT2D eigenvalue weighted by molar-refractivity contribution is 7.97. The van der Waals surface area contributed by atoms with E-state index in [9.17, 15) is 0 Å². The topological polar surface area (TPSA) is 15.3 Å². The standard InChI is InChI=1S/C32H38Cl2N2S/c33-28-21-29(34)23-30(22-28)37-35-24-32(16-13-27-11-4-5-12-31(27)32)17-20-36-18-14-26(15-19-36)10-6-9-25-7-2-1-3-8-25/h1-5,7-8,11-12,21-23,26,35H,6,9-10,13-20,24H2. The number of nitrogens with zero attached hydrogens (tertiary/aromatic N) is 1. The maximum atomic E-state index is 6.22. The predicted octanol–water partition coefficient (Wildman–Crippen LogP) is 8.60. The maximum absolute atomic E-state index is 6.22. The van der Waals surface area contributed by atoms with Gasteiger partial charge in [-0.2, -0.15) is 0 Å². The van der Waals surface area contributed by atoms with E-state index in [0.29, 0.717) is 10.0 Å². The summed E-state index contributed by atoms with van der Waals surface area (Å²) in [6, 6.07) is 25.8. The molecule has 0 spiro atoms. The number of benzene rings is 3. The second kappa shape index (κ2) is 13.0. The summed E-state index contributed by atoms with van der Waals surface area (Å²) in [6.45, 7) is 4.63.